The van der Waals surface area contributed by atoms with Gasteiger partial charge in [0.25, 0.3) is 20.2 Å². The van der Waals surface area contributed by atoms with Crippen LogP contribution >= 0.6 is 0 Å². The Hall–Kier alpha value is -2.84. The van der Waals surface area contributed by atoms with Crippen molar-refractivity contribution in [2.75, 3.05) is 13.2 Å². The van der Waals surface area contributed by atoms with Crippen molar-refractivity contribution < 1.29 is 50.0 Å². The number of hydrogen-bond donors (Lipinski definition) is 2. The van der Waals surface area contributed by atoms with E-state index in [1.165, 1.54) is 12.1 Å². The molecule has 0 amide bonds. The van der Waals surface area contributed by atoms with Crippen LogP contribution in [0.1, 0.15) is 33.6 Å². The molecule has 0 radical (unpaired) electrons. The van der Waals surface area contributed by atoms with Gasteiger partial charge in [0.05, 0.1) is 34.1 Å². The van der Waals surface area contributed by atoms with E-state index in [0.717, 1.165) is 36.4 Å². The van der Waals surface area contributed by atoms with Gasteiger partial charge in [0, 0.05) is 0 Å². The Balaban J connectivity index is 1.65. The van der Waals surface area contributed by atoms with Crippen molar-refractivity contribution in [1.29, 1.82) is 0 Å². The van der Waals surface area contributed by atoms with Crippen LogP contribution < -0.4 is 0 Å². The summed E-state index contributed by atoms with van der Waals surface area (Å²) in [4.78, 5) is 32.2. The molecule has 0 fully saturated rings. The molecule has 11 nitrogen and oxygen atoms in total. The van der Waals surface area contributed by atoms with E-state index < -0.39 is 32.2 Å². The van der Waals surface area contributed by atoms with Crippen molar-refractivity contribution in [2.45, 2.75) is 22.6 Å². The van der Waals surface area contributed by atoms with Crippen LogP contribution in [0.4, 0.5) is 0 Å². The van der Waals surface area contributed by atoms with E-state index in [1.54, 1.807) is 0 Å². The predicted octanol–water partition coefficient (Wildman–Crippen LogP) is 1.91. The van der Waals surface area contributed by atoms with Gasteiger partial charge in [0.15, 0.2) is 0 Å². The fourth-order valence-electron chi connectivity index (χ4n) is 2.18. The zero-order valence-corrected chi connectivity index (χ0v) is 17.5. The Bertz CT molecular complexity index is 1030. The molecule has 0 aromatic heterocycles. The second-order valence-corrected chi connectivity index (χ2v) is 8.88. The summed E-state index contributed by atoms with van der Waals surface area (Å²) in [6.45, 7) is 0.0444. The lowest BCUT2D eigenvalue weighted by molar-refractivity contribution is -0.241. The molecule has 0 aliphatic carbocycles. The zero-order chi connectivity index (χ0) is 23.1. The molecule has 0 unspecified atom stereocenters. The van der Waals surface area contributed by atoms with Gasteiger partial charge in [-0.25, -0.2) is 9.59 Å². The van der Waals surface area contributed by atoms with Crippen molar-refractivity contribution in [3.05, 3.63) is 59.7 Å². The van der Waals surface area contributed by atoms with Crippen molar-refractivity contribution in [3.8, 4) is 0 Å². The van der Waals surface area contributed by atoms with Gasteiger partial charge >= 0.3 is 11.9 Å². The minimum atomic E-state index is -4.36. The lowest BCUT2D eigenvalue weighted by Gasteiger charge is -2.06. The third kappa shape index (κ3) is 7.73. The Morgan fingerprint density at radius 2 is 1.10 bits per heavy atom. The van der Waals surface area contributed by atoms with E-state index in [9.17, 15) is 26.4 Å². The van der Waals surface area contributed by atoms with Crippen LogP contribution in [0.5, 0.6) is 0 Å². The third-order valence-corrected chi connectivity index (χ3v) is 5.50. The summed E-state index contributed by atoms with van der Waals surface area (Å²) in [6, 6.07) is 8.93. The molecule has 0 aliphatic heterocycles. The normalized spacial score (nSPS) is 11.7. The van der Waals surface area contributed by atoms with Crippen LogP contribution in [0.15, 0.2) is 58.3 Å². The molecule has 2 aromatic carbocycles. The maximum Gasteiger partial charge on any atom is 0.373 e. The molecular formula is C18H18O11S2. The van der Waals surface area contributed by atoms with E-state index in [1.807, 2.05) is 0 Å². The summed E-state index contributed by atoms with van der Waals surface area (Å²) in [5, 5.41) is 0. The van der Waals surface area contributed by atoms with Gasteiger partial charge < -0.3 is 4.74 Å². The molecule has 0 saturated carbocycles. The largest absolute Gasteiger partial charge is 0.462 e. The molecule has 0 heterocycles. The Kier molecular flexibility index (Phi) is 8.24. The number of hydrogen-bond acceptors (Lipinski definition) is 9. The Morgan fingerprint density at radius 3 is 1.55 bits per heavy atom. The summed E-state index contributed by atoms with van der Waals surface area (Å²) in [7, 11) is -8.70. The summed E-state index contributed by atoms with van der Waals surface area (Å²) in [6.07, 6.45) is 0.763. The van der Waals surface area contributed by atoms with Crippen molar-refractivity contribution in [3.63, 3.8) is 0 Å². The summed E-state index contributed by atoms with van der Waals surface area (Å²) < 4.78 is 66.5. The number of carbonyl (C=O) groups excluding carboxylic acids is 2. The summed E-state index contributed by atoms with van der Waals surface area (Å²) in [5.41, 5.74) is 0.124. The SMILES string of the molecule is O=C(OCCCCOOC(=O)c1ccc(S(=O)(=O)O)cc1)c1ccc(S(=O)(=O)O)cc1. The minimum absolute atomic E-state index is 0.00937. The van der Waals surface area contributed by atoms with E-state index in [2.05, 4.69) is 4.89 Å². The second kappa shape index (κ2) is 10.5. The second-order valence-electron chi connectivity index (χ2n) is 6.03. The first kappa shape index (κ1) is 24.4. The highest BCUT2D eigenvalue weighted by Gasteiger charge is 2.14. The third-order valence-electron chi connectivity index (χ3n) is 3.77. The highest BCUT2D eigenvalue weighted by atomic mass is 32.2. The lowest BCUT2D eigenvalue weighted by atomic mass is 10.2. The van der Waals surface area contributed by atoms with Gasteiger partial charge in [-0.1, -0.05) is 0 Å². The van der Waals surface area contributed by atoms with Crippen LogP contribution in [-0.4, -0.2) is 51.1 Å². The lowest BCUT2D eigenvalue weighted by Crippen LogP contribution is -2.09. The van der Waals surface area contributed by atoms with Crippen molar-refractivity contribution >= 4 is 32.2 Å². The molecule has 2 rings (SSSR count). The molecule has 0 aliphatic rings. The molecule has 2 N–H and O–H groups in total. The number of carbonyl (C=O) groups is 2. The summed E-state index contributed by atoms with van der Waals surface area (Å²) in [5.74, 6) is -1.54. The van der Waals surface area contributed by atoms with Crippen LogP contribution in [0, 0.1) is 0 Å². The van der Waals surface area contributed by atoms with E-state index in [-0.39, 0.29) is 34.1 Å². The highest BCUT2D eigenvalue weighted by molar-refractivity contribution is 7.86. The average molecular weight is 474 g/mol. The molecular weight excluding hydrogens is 456 g/mol. The minimum Gasteiger partial charge on any atom is -0.462 e. The molecule has 168 valence electrons. The van der Waals surface area contributed by atoms with Crippen LogP contribution in [-0.2, 0) is 34.7 Å². The van der Waals surface area contributed by atoms with Gasteiger partial charge in [-0.2, -0.15) is 21.7 Å². The predicted molar refractivity (Wildman–Crippen MR) is 103 cm³/mol. The van der Waals surface area contributed by atoms with Gasteiger partial charge in [-0.05, 0) is 61.4 Å². The monoisotopic (exact) mass is 474 g/mol. The van der Waals surface area contributed by atoms with E-state index >= 15 is 0 Å². The number of unbranched alkanes of at least 4 members (excludes halogenated alkanes) is 1. The first-order valence-corrected chi connectivity index (χ1v) is 11.5. The molecule has 0 bridgehead atoms. The fourth-order valence-corrected chi connectivity index (χ4v) is 3.14. The van der Waals surface area contributed by atoms with Crippen LogP contribution in [0.3, 0.4) is 0 Å². The Morgan fingerprint density at radius 1 is 0.677 bits per heavy atom. The highest BCUT2D eigenvalue weighted by Crippen LogP contribution is 2.12. The smallest absolute Gasteiger partial charge is 0.373 e. The number of ether oxygens (including phenoxy) is 1. The quantitative estimate of drug-likeness (QED) is 0.169. The molecule has 0 atom stereocenters. The molecule has 2 aromatic rings. The van der Waals surface area contributed by atoms with Gasteiger partial charge in [0.1, 0.15) is 0 Å². The van der Waals surface area contributed by atoms with Gasteiger partial charge in [-0.3, -0.25) is 14.0 Å². The number of esters is 1. The first-order valence-electron chi connectivity index (χ1n) is 8.64. The fraction of sp³-hybridized carbons (Fsp3) is 0.222. The maximum atomic E-state index is 11.8. The van der Waals surface area contributed by atoms with E-state index in [0.29, 0.717) is 12.8 Å². The molecule has 0 saturated heterocycles. The number of benzene rings is 2. The van der Waals surface area contributed by atoms with Crippen LogP contribution in [0.25, 0.3) is 0 Å². The Labute approximate surface area is 178 Å². The van der Waals surface area contributed by atoms with Gasteiger partial charge in [-0.15, -0.1) is 0 Å². The van der Waals surface area contributed by atoms with Crippen molar-refractivity contribution in [2.24, 2.45) is 0 Å². The number of rotatable bonds is 10. The average Bonchev–Trinajstić information content (AvgIpc) is 2.71. The maximum absolute atomic E-state index is 11.8. The topological polar surface area (TPSA) is 171 Å². The van der Waals surface area contributed by atoms with E-state index in [4.69, 9.17) is 18.7 Å². The van der Waals surface area contributed by atoms with Crippen LogP contribution in [0.2, 0.25) is 0 Å². The summed E-state index contributed by atoms with van der Waals surface area (Å²) >= 11 is 0. The van der Waals surface area contributed by atoms with Crippen molar-refractivity contribution in [1.82, 2.24) is 0 Å². The first-order chi connectivity index (χ1) is 14.5. The molecule has 0 spiro atoms. The molecule has 31 heavy (non-hydrogen) atoms. The van der Waals surface area contributed by atoms with Gasteiger partial charge in [0.2, 0.25) is 0 Å². The molecule has 13 heteroatoms. The standard InChI is InChI=1S/C18H18O11S2/c19-17(13-3-7-15(8-4-13)30(21,22)23)27-11-1-2-12-28-29-18(20)14-5-9-16(10-6-14)31(24,25)26/h3-10H,1-2,11-12H2,(H,21,22,23)(H,24,25,26). The zero-order valence-electron chi connectivity index (χ0n) is 15.8.